The third kappa shape index (κ3) is 3.47. The maximum Gasteiger partial charge on any atom is 0.104 e. The number of nitrogens with zero attached hydrogens (tertiary/aromatic N) is 1. The molecule has 0 rings (SSSR count). The molecule has 0 bridgehead atoms. The van der Waals surface area contributed by atoms with Crippen LogP contribution in [0, 0.1) is 0 Å². The monoisotopic (exact) mass is 79.1 g/mol. The van der Waals surface area contributed by atoms with Gasteiger partial charge in [0.2, 0.25) is 0 Å². The van der Waals surface area contributed by atoms with E-state index in [2.05, 4.69) is 4.99 Å². The van der Waals surface area contributed by atoms with Gasteiger partial charge in [-0.2, -0.15) is 0 Å². The van der Waals surface area contributed by atoms with Gasteiger partial charge >= 0.3 is 0 Å². The highest BCUT2D eigenvalue weighted by Gasteiger charge is 1.48. The molecule has 0 heterocycles. The molecule has 0 saturated carbocycles. The topological polar surface area (TPSA) is 12.4 Å². The molecule has 2 heteroatoms. The highest BCUT2D eigenvalue weighted by atomic mass is 14.6. The van der Waals surface area contributed by atoms with E-state index in [0.717, 1.165) is 0 Å². The number of aliphatic imine (C=N–C) groups is 1. The Hall–Kier alpha value is -0.525. The smallest absolute Gasteiger partial charge is 0.104 e. The molecular weight excluding hydrogens is 72.9 g/mol. The number of rotatable bonds is 1. The molecule has 1 nitrogen and oxygen atoms in total. The fourth-order valence-electron chi connectivity index (χ4n) is 0.136. The van der Waals surface area contributed by atoms with E-state index in [0.29, 0.717) is 0 Å². The van der Waals surface area contributed by atoms with Crippen molar-refractivity contribution in [1.29, 1.82) is 0 Å². The van der Waals surface area contributed by atoms with Gasteiger partial charge in [0.25, 0.3) is 0 Å². The third-order valence-electron chi connectivity index (χ3n) is 0.321. The van der Waals surface area contributed by atoms with Gasteiger partial charge in [-0.15, -0.1) is 5.98 Å². The van der Waals surface area contributed by atoms with Crippen LogP contribution in [0.5, 0.6) is 0 Å². The molecule has 0 aromatic heterocycles. The fraction of sp³-hybridized carbons (Fsp3) is 0.250. The van der Waals surface area contributed by atoms with Gasteiger partial charge in [-0.3, -0.25) is 4.99 Å². The molecule has 0 fully saturated rings. The first-order chi connectivity index (χ1) is 2.91. The minimum atomic E-state index is 1.39. The highest BCUT2D eigenvalue weighted by Crippen LogP contribution is 1.63. The lowest BCUT2D eigenvalue weighted by molar-refractivity contribution is 1.60. The summed E-state index contributed by atoms with van der Waals surface area (Å²) in [6, 6.07) is 0. The second-order valence-electron chi connectivity index (χ2n) is 0.749. The Bertz CT molecular complexity index is 55.9. The third-order valence-corrected chi connectivity index (χ3v) is 0.321. The predicted octanol–water partition coefficient (Wildman–Crippen LogP) is 0.717. The lowest BCUT2D eigenvalue weighted by atomic mass is 10.2. The quantitative estimate of drug-likeness (QED) is 0.324. The molecule has 6 heavy (non-hydrogen) atoms. The minimum Gasteiger partial charge on any atom is -0.271 e. The summed E-state index contributed by atoms with van der Waals surface area (Å²) < 4.78 is 0. The van der Waals surface area contributed by atoms with Crippen LogP contribution >= 0.6 is 0 Å². The van der Waals surface area contributed by atoms with Crippen LogP contribution in [0.2, 0.25) is 0 Å². The summed E-state index contributed by atoms with van der Waals surface area (Å²) >= 11 is 0. The van der Waals surface area contributed by atoms with Crippen LogP contribution in [-0.2, 0) is 0 Å². The molecule has 0 atom stereocenters. The molecule has 0 amide bonds. The van der Waals surface area contributed by atoms with Gasteiger partial charge in [-0.25, -0.2) is 0 Å². The highest BCUT2D eigenvalue weighted by molar-refractivity contribution is 6.16. The van der Waals surface area contributed by atoms with Crippen molar-refractivity contribution in [1.82, 2.24) is 0 Å². The molecule has 0 aromatic carbocycles. The number of hydrogen-bond acceptors (Lipinski definition) is 1. The van der Waals surface area contributed by atoms with Crippen molar-refractivity contribution in [3.8, 4) is 0 Å². The van der Waals surface area contributed by atoms with Crippen LogP contribution in [0.25, 0.3) is 0 Å². The van der Waals surface area contributed by atoms with Crippen LogP contribution in [0.4, 0.5) is 0 Å². The predicted molar refractivity (Wildman–Crippen MR) is 29.1 cm³/mol. The van der Waals surface area contributed by atoms with Crippen molar-refractivity contribution in [2.75, 3.05) is 0 Å². The van der Waals surface area contributed by atoms with E-state index in [1.807, 2.05) is 6.92 Å². The van der Waals surface area contributed by atoms with Gasteiger partial charge in [0.15, 0.2) is 0 Å². The summed E-state index contributed by atoms with van der Waals surface area (Å²) in [7, 11) is 4.92. The largest absolute Gasteiger partial charge is 0.271 e. The Kier molecular flexibility index (Phi) is 4.08. The van der Waals surface area contributed by atoms with E-state index in [4.69, 9.17) is 7.85 Å². The van der Waals surface area contributed by atoms with Gasteiger partial charge in [-0.1, -0.05) is 0 Å². The number of hydrogen-bond donors (Lipinski definition) is 0. The van der Waals surface area contributed by atoms with Gasteiger partial charge in [-0.05, 0) is 6.92 Å². The first-order valence-electron chi connectivity index (χ1n) is 1.76. The van der Waals surface area contributed by atoms with E-state index < -0.39 is 0 Å². The van der Waals surface area contributed by atoms with Crippen molar-refractivity contribution in [3.05, 3.63) is 12.2 Å². The van der Waals surface area contributed by atoms with Crippen molar-refractivity contribution in [2.24, 2.45) is 4.99 Å². The molecule has 0 spiro atoms. The SMILES string of the molecule is [B]/C=C\N=CC. The van der Waals surface area contributed by atoms with Crippen molar-refractivity contribution in [3.63, 3.8) is 0 Å². The van der Waals surface area contributed by atoms with Crippen molar-refractivity contribution >= 4 is 14.1 Å². The van der Waals surface area contributed by atoms with Crippen molar-refractivity contribution < 1.29 is 0 Å². The summed E-state index contributed by atoms with van der Waals surface area (Å²) in [5, 5.41) is 0. The Morgan fingerprint density at radius 1 is 1.67 bits per heavy atom. The Morgan fingerprint density at radius 2 is 2.33 bits per heavy atom. The molecule has 0 N–H and O–H groups in total. The fourth-order valence-corrected chi connectivity index (χ4v) is 0.136. The van der Waals surface area contributed by atoms with Crippen LogP contribution < -0.4 is 0 Å². The Labute approximate surface area is 39.2 Å². The van der Waals surface area contributed by atoms with Crippen LogP contribution in [0.1, 0.15) is 6.92 Å². The minimum absolute atomic E-state index is 1.39. The van der Waals surface area contributed by atoms with E-state index in [1.165, 1.54) is 12.2 Å². The summed E-state index contributed by atoms with van der Waals surface area (Å²) in [5.41, 5.74) is 0. The first-order valence-corrected chi connectivity index (χ1v) is 1.76. The van der Waals surface area contributed by atoms with E-state index in [1.54, 1.807) is 6.21 Å². The summed E-state index contributed by atoms with van der Waals surface area (Å²) in [6.45, 7) is 1.83. The second-order valence-corrected chi connectivity index (χ2v) is 0.749. The molecule has 0 aliphatic heterocycles. The van der Waals surface area contributed by atoms with Gasteiger partial charge in [0.05, 0.1) is 0 Å². The molecule has 0 saturated heterocycles. The van der Waals surface area contributed by atoms with Gasteiger partial charge in [0.1, 0.15) is 7.85 Å². The van der Waals surface area contributed by atoms with Crippen LogP contribution in [0.15, 0.2) is 17.2 Å². The van der Waals surface area contributed by atoms with E-state index in [9.17, 15) is 0 Å². The maximum atomic E-state index is 4.92. The molecule has 0 aliphatic rings. The Balaban J connectivity index is 3.07. The lowest BCUT2D eigenvalue weighted by Gasteiger charge is -1.64. The Morgan fingerprint density at radius 3 is 2.50 bits per heavy atom. The zero-order valence-corrected chi connectivity index (χ0v) is 3.76. The zero-order valence-electron chi connectivity index (χ0n) is 3.76. The zero-order chi connectivity index (χ0) is 4.83. The average molecular weight is 78.9 g/mol. The van der Waals surface area contributed by atoms with Crippen molar-refractivity contribution in [2.45, 2.75) is 6.92 Å². The summed E-state index contributed by atoms with van der Waals surface area (Å²) in [4.78, 5) is 3.66. The molecule has 30 valence electrons. The van der Waals surface area contributed by atoms with Crippen LogP contribution in [-0.4, -0.2) is 14.1 Å². The molecular formula is C4H6BN. The van der Waals surface area contributed by atoms with Gasteiger partial charge in [0, 0.05) is 12.4 Å². The first kappa shape index (κ1) is 5.47. The normalized spacial score (nSPS) is 11.5. The molecule has 0 unspecified atom stereocenters. The lowest BCUT2D eigenvalue weighted by Crippen LogP contribution is -1.53. The second kappa shape index (κ2) is 4.47. The van der Waals surface area contributed by atoms with E-state index >= 15 is 0 Å². The van der Waals surface area contributed by atoms with E-state index in [-0.39, 0.29) is 0 Å². The maximum absolute atomic E-state index is 4.92. The average Bonchev–Trinajstić information content (AvgIpc) is 1.61. The van der Waals surface area contributed by atoms with Crippen LogP contribution in [0.3, 0.4) is 0 Å². The standard InChI is InChI=1S/C4H6BN/c1-2-6-4-3-5/h2-4H,1H3/b4-3-,6-2?. The molecule has 0 aromatic rings. The van der Waals surface area contributed by atoms with Gasteiger partial charge < -0.3 is 0 Å². The molecule has 2 radical (unpaired) electrons. The molecule has 0 aliphatic carbocycles. The summed E-state index contributed by atoms with van der Waals surface area (Å²) in [5.74, 6) is 1.39. The summed E-state index contributed by atoms with van der Waals surface area (Å²) in [6.07, 6.45) is 3.20.